The Morgan fingerprint density at radius 2 is 1.64 bits per heavy atom. The number of fused-ring (bicyclic) bond motifs is 8. The van der Waals surface area contributed by atoms with E-state index in [2.05, 4.69) is 61.3 Å². The van der Waals surface area contributed by atoms with E-state index < -0.39 is 0 Å². The van der Waals surface area contributed by atoms with Gasteiger partial charge in [-0.3, -0.25) is 19.9 Å². The number of benzene rings is 2. The number of ketones is 2. The Morgan fingerprint density at radius 1 is 1.00 bits per heavy atom. The molecule has 0 radical (unpaired) electrons. The highest BCUT2D eigenvalue weighted by molar-refractivity contribution is 9.10. The summed E-state index contributed by atoms with van der Waals surface area (Å²) < 4.78 is 10.1. The minimum absolute atomic E-state index is 0.0134. The first kappa shape index (κ1) is 30.2. The zero-order valence-electron chi connectivity index (χ0n) is 23.6. The van der Waals surface area contributed by atoms with Gasteiger partial charge in [0.2, 0.25) is 5.95 Å². The van der Waals surface area contributed by atoms with Gasteiger partial charge in [0.25, 0.3) is 0 Å². The first-order chi connectivity index (χ1) is 21.3. The van der Waals surface area contributed by atoms with Gasteiger partial charge >= 0.3 is 0 Å². The molecule has 0 saturated carbocycles. The molecule has 1 unspecified atom stereocenters. The summed E-state index contributed by atoms with van der Waals surface area (Å²) >= 11 is 11.3. The quantitative estimate of drug-likeness (QED) is 0.147. The van der Waals surface area contributed by atoms with Gasteiger partial charge in [-0.25, -0.2) is 4.57 Å². The molecule has 0 aliphatic carbocycles. The highest BCUT2D eigenvalue weighted by Gasteiger charge is 2.45. The second-order valence-electron chi connectivity index (χ2n) is 10.9. The number of carbonyl (C=O) groups is 2. The number of amidine groups is 1. The Hall–Kier alpha value is -2.49. The Morgan fingerprint density at radius 3 is 2.27 bits per heavy atom. The Kier molecular flexibility index (Phi) is 8.48. The fourth-order valence-corrected chi connectivity index (χ4v) is 8.96. The third kappa shape index (κ3) is 5.58. The molecular formula is C30H26Br2N6O3S3. The van der Waals surface area contributed by atoms with Gasteiger partial charge in [0.15, 0.2) is 28.1 Å². The number of thioether (sulfide) groups is 2. The summed E-state index contributed by atoms with van der Waals surface area (Å²) in [6.45, 7) is 4.92. The van der Waals surface area contributed by atoms with Gasteiger partial charge in [-0.05, 0) is 35.7 Å². The average Bonchev–Trinajstić information content (AvgIpc) is 3.73. The Bertz CT molecular complexity index is 1790. The third-order valence-corrected chi connectivity index (χ3v) is 11.9. The lowest BCUT2D eigenvalue weighted by Gasteiger charge is -2.33. The number of ether oxygens (including phenoxy) is 1. The van der Waals surface area contributed by atoms with E-state index in [1.54, 1.807) is 11.3 Å². The Labute approximate surface area is 283 Å². The number of hydrogen-bond acceptors (Lipinski definition) is 11. The van der Waals surface area contributed by atoms with Crippen LogP contribution in [0.1, 0.15) is 56.7 Å². The monoisotopic (exact) mass is 772 g/mol. The summed E-state index contributed by atoms with van der Waals surface area (Å²) in [5.74, 6) is 1.45. The van der Waals surface area contributed by atoms with Crippen molar-refractivity contribution in [3.05, 3.63) is 84.6 Å². The van der Waals surface area contributed by atoms with Crippen molar-refractivity contribution in [3.8, 4) is 5.00 Å². The molecule has 14 heteroatoms. The summed E-state index contributed by atoms with van der Waals surface area (Å²) in [7, 11) is 0. The van der Waals surface area contributed by atoms with Gasteiger partial charge in [-0.1, -0.05) is 93.5 Å². The zero-order chi connectivity index (χ0) is 30.5. The molecule has 0 saturated heterocycles. The van der Waals surface area contributed by atoms with E-state index in [9.17, 15) is 9.59 Å². The SMILES string of the molecule is CC(C)[C@H]1Cc2c(sc3c2C2NN=C(SCC(=O)c4ccc(Br)cc4)N2c2nnc(SCC(=O)c4ccc(Br)cc4)n2-3)CO1. The number of nitrogens with zero attached hydrogens (tertiary/aromatic N) is 5. The van der Waals surface area contributed by atoms with Crippen LogP contribution in [0.4, 0.5) is 5.95 Å². The van der Waals surface area contributed by atoms with Crippen LogP contribution < -0.4 is 10.3 Å². The molecule has 2 atom stereocenters. The van der Waals surface area contributed by atoms with Crippen molar-refractivity contribution in [2.75, 3.05) is 16.4 Å². The minimum Gasteiger partial charge on any atom is -0.372 e. The number of nitrogens with one attached hydrogen (secondary N) is 1. The number of Topliss-reactive ketones (excluding diaryl/α,β-unsaturated/α-hetero) is 2. The minimum atomic E-state index is -0.278. The molecule has 5 heterocycles. The van der Waals surface area contributed by atoms with Crippen LogP contribution in [0.5, 0.6) is 0 Å². The Balaban J connectivity index is 1.21. The number of anilines is 1. The lowest BCUT2D eigenvalue weighted by molar-refractivity contribution is 0.00135. The molecule has 4 aromatic rings. The van der Waals surface area contributed by atoms with E-state index >= 15 is 0 Å². The molecule has 3 aliphatic heterocycles. The maximum Gasteiger partial charge on any atom is 0.241 e. The first-order valence-corrected chi connectivity index (χ1v) is 18.3. The number of halogens is 2. The lowest BCUT2D eigenvalue weighted by atomic mass is 9.93. The molecule has 9 nitrogen and oxygen atoms in total. The van der Waals surface area contributed by atoms with Crippen LogP contribution in [-0.4, -0.2) is 49.1 Å². The van der Waals surface area contributed by atoms with Crippen molar-refractivity contribution in [3.63, 3.8) is 0 Å². The summed E-state index contributed by atoms with van der Waals surface area (Å²) in [5.41, 5.74) is 7.03. The summed E-state index contributed by atoms with van der Waals surface area (Å²) in [5, 5.41) is 16.2. The van der Waals surface area contributed by atoms with Crippen LogP contribution in [0.3, 0.4) is 0 Å². The predicted octanol–water partition coefficient (Wildman–Crippen LogP) is 7.24. The van der Waals surface area contributed by atoms with Crippen molar-refractivity contribution in [1.29, 1.82) is 0 Å². The number of thiophene rings is 1. The summed E-state index contributed by atoms with van der Waals surface area (Å²) in [6, 6.07) is 14.7. The van der Waals surface area contributed by atoms with Crippen molar-refractivity contribution in [2.45, 2.75) is 44.3 Å². The third-order valence-electron chi connectivity index (χ3n) is 7.74. The number of carbonyl (C=O) groups excluding carboxylic acids is 2. The molecule has 1 N–H and O–H groups in total. The van der Waals surface area contributed by atoms with Crippen molar-refractivity contribution < 1.29 is 14.3 Å². The largest absolute Gasteiger partial charge is 0.372 e. The number of hydrogen-bond donors (Lipinski definition) is 1. The smallest absolute Gasteiger partial charge is 0.241 e. The molecule has 0 bridgehead atoms. The normalized spacial score (nSPS) is 18.3. The fraction of sp³-hybridized carbons (Fsp3) is 0.300. The van der Waals surface area contributed by atoms with Gasteiger partial charge in [0.1, 0.15) is 5.00 Å². The van der Waals surface area contributed by atoms with Crippen molar-refractivity contribution in [1.82, 2.24) is 20.2 Å². The molecule has 44 heavy (non-hydrogen) atoms. The fourth-order valence-electron chi connectivity index (χ4n) is 5.39. The van der Waals surface area contributed by atoms with E-state index in [0.29, 0.717) is 39.9 Å². The van der Waals surface area contributed by atoms with Crippen molar-refractivity contribution >= 4 is 89.4 Å². The maximum absolute atomic E-state index is 13.1. The summed E-state index contributed by atoms with van der Waals surface area (Å²) in [4.78, 5) is 29.3. The molecule has 3 aliphatic rings. The second kappa shape index (κ2) is 12.4. The highest BCUT2D eigenvalue weighted by Crippen LogP contribution is 2.49. The van der Waals surface area contributed by atoms with Crippen LogP contribution in [0.15, 0.2) is 67.7 Å². The van der Waals surface area contributed by atoms with Gasteiger partial charge in [0.05, 0.1) is 24.2 Å². The molecule has 0 fully saturated rings. The molecule has 2 aromatic heterocycles. The molecule has 0 amide bonds. The standard InChI is InChI=1S/C30H26Br2N6O3S3/c1-15(2)23-11-20-24(12-41-23)44-27-25(20)26-33-35-29(42-13-21(39)16-3-7-18(31)8-4-16)37(26)28-34-36-30(38(27)28)43-14-22(40)17-5-9-19(32)10-6-17/h3-10,15,23,26,33H,11-14H2,1-2H3/t23-,26?/m1/s1. The second-order valence-corrected chi connectivity index (χ2v) is 15.7. The predicted molar refractivity (Wildman–Crippen MR) is 182 cm³/mol. The van der Waals surface area contributed by atoms with E-state index in [4.69, 9.17) is 9.84 Å². The van der Waals surface area contributed by atoms with Crippen molar-refractivity contribution in [2.24, 2.45) is 11.0 Å². The number of rotatable bonds is 8. The maximum atomic E-state index is 13.1. The topological polar surface area (TPSA) is 102 Å². The molecule has 226 valence electrons. The van der Waals surface area contributed by atoms with Crippen LogP contribution in [0.2, 0.25) is 0 Å². The lowest BCUT2D eigenvalue weighted by Crippen LogP contribution is -2.39. The van der Waals surface area contributed by atoms with E-state index in [1.165, 1.54) is 34.0 Å². The molecule has 2 aromatic carbocycles. The molecular weight excluding hydrogens is 748 g/mol. The highest BCUT2D eigenvalue weighted by atomic mass is 79.9. The van der Waals surface area contributed by atoms with E-state index in [0.717, 1.165) is 25.9 Å². The summed E-state index contributed by atoms with van der Waals surface area (Å²) in [6.07, 6.45) is 0.645. The van der Waals surface area contributed by atoms with Crippen LogP contribution >= 0.6 is 66.7 Å². The van der Waals surface area contributed by atoms with E-state index in [-0.39, 0.29) is 35.3 Å². The van der Waals surface area contributed by atoms with Crippen LogP contribution in [0, 0.1) is 5.92 Å². The zero-order valence-corrected chi connectivity index (χ0v) is 29.2. The average molecular weight is 775 g/mol. The van der Waals surface area contributed by atoms with Crippen LogP contribution in [0.25, 0.3) is 5.00 Å². The van der Waals surface area contributed by atoms with Gasteiger partial charge in [0, 0.05) is 36.9 Å². The number of aromatic nitrogens is 3. The van der Waals surface area contributed by atoms with Gasteiger partial charge < -0.3 is 4.74 Å². The molecule has 0 spiro atoms. The van der Waals surface area contributed by atoms with Gasteiger partial charge in [-0.15, -0.1) is 21.5 Å². The van der Waals surface area contributed by atoms with Gasteiger partial charge in [-0.2, -0.15) is 5.10 Å². The van der Waals surface area contributed by atoms with E-state index in [1.807, 2.05) is 58.0 Å². The first-order valence-electron chi connectivity index (χ1n) is 14.0. The molecule has 7 rings (SSSR count). The number of hydrazone groups is 1. The van der Waals surface area contributed by atoms with Crippen LogP contribution in [-0.2, 0) is 17.8 Å².